The van der Waals surface area contributed by atoms with E-state index >= 15 is 0 Å². The lowest BCUT2D eigenvalue weighted by molar-refractivity contribution is -0.133. The van der Waals surface area contributed by atoms with Crippen molar-refractivity contribution in [3.8, 4) is 5.75 Å². The fourth-order valence-corrected chi connectivity index (χ4v) is 5.31. The number of halogens is 2. The predicted octanol–water partition coefficient (Wildman–Crippen LogP) is 4.36. The van der Waals surface area contributed by atoms with Gasteiger partial charge in [-0.15, -0.1) is 0 Å². The second-order valence-electron chi connectivity index (χ2n) is 8.76. The molecule has 3 heterocycles. The lowest BCUT2D eigenvalue weighted by Gasteiger charge is -2.23. The summed E-state index contributed by atoms with van der Waals surface area (Å²) in [7, 11) is 0. The molecule has 0 spiro atoms. The number of aryl methyl sites for hydroxylation is 2. The summed E-state index contributed by atoms with van der Waals surface area (Å²) >= 11 is 7.40. The molecule has 0 atom stereocenters. The minimum atomic E-state index is -0.245. The number of thiazole rings is 1. The van der Waals surface area contributed by atoms with Crippen LogP contribution >= 0.6 is 22.9 Å². The van der Waals surface area contributed by atoms with Gasteiger partial charge in [0.05, 0.1) is 5.01 Å². The van der Waals surface area contributed by atoms with E-state index in [0.717, 1.165) is 40.3 Å². The van der Waals surface area contributed by atoms with Crippen molar-refractivity contribution in [2.75, 3.05) is 43.4 Å². The van der Waals surface area contributed by atoms with Crippen LogP contribution in [-0.2, 0) is 17.6 Å². The fourth-order valence-electron chi connectivity index (χ4n) is 4.24. The Morgan fingerprint density at radius 1 is 1.00 bits per heavy atom. The summed E-state index contributed by atoms with van der Waals surface area (Å²) in [6, 6.07) is 13.5. The monoisotopic (exact) mass is 540 g/mol. The molecule has 0 radical (unpaired) electrons. The highest BCUT2D eigenvalue weighted by Crippen LogP contribution is 2.30. The zero-order valence-electron chi connectivity index (χ0n) is 20.1. The number of hydrogen-bond donors (Lipinski definition) is 1. The molecule has 8 nitrogen and oxygen atoms in total. The molecular formula is C26H26ClFN6O2S. The molecule has 1 aliphatic heterocycles. The SMILES string of the molecule is Nc1nc(N2CCCN(C(=O)COc3ccc(Cl)cc3)CC2)c2nc(CCc3ccc(F)cc3)sc2n1. The number of fused-ring (bicyclic) bond motifs is 1. The molecule has 4 aromatic rings. The lowest BCUT2D eigenvalue weighted by Crippen LogP contribution is -2.38. The molecule has 0 bridgehead atoms. The standard InChI is InChI=1S/C26H26ClFN6O2S/c27-18-5-9-20(10-6-18)36-16-22(35)33-12-1-13-34(15-14-33)24-23-25(32-26(29)31-24)37-21(30-23)11-4-17-2-7-19(28)8-3-17/h2-3,5-10H,1,4,11-16H2,(H2,29,31,32). The zero-order valence-corrected chi connectivity index (χ0v) is 21.6. The van der Waals surface area contributed by atoms with Crippen LogP contribution in [0.2, 0.25) is 5.02 Å². The van der Waals surface area contributed by atoms with Crippen LogP contribution in [0.25, 0.3) is 10.3 Å². The van der Waals surface area contributed by atoms with E-state index < -0.39 is 0 Å². The van der Waals surface area contributed by atoms with Gasteiger partial charge in [0, 0.05) is 37.6 Å². The second-order valence-corrected chi connectivity index (χ2v) is 10.3. The smallest absolute Gasteiger partial charge is 0.260 e. The van der Waals surface area contributed by atoms with Crippen LogP contribution in [0.15, 0.2) is 48.5 Å². The van der Waals surface area contributed by atoms with E-state index in [-0.39, 0.29) is 24.3 Å². The van der Waals surface area contributed by atoms with Gasteiger partial charge in [-0.05, 0) is 54.8 Å². The van der Waals surface area contributed by atoms with Crippen LogP contribution < -0.4 is 15.4 Å². The minimum Gasteiger partial charge on any atom is -0.484 e. The maximum atomic E-state index is 13.2. The van der Waals surface area contributed by atoms with Crippen molar-refractivity contribution in [2.45, 2.75) is 19.3 Å². The van der Waals surface area contributed by atoms with Crippen LogP contribution in [0.4, 0.5) is 16.2 Å². The van der Waals surface area contributed by atoms with Crippen molar-refractivity contribution in [2.24, 2.45) is 0 Å². The van der Waals surface area contributed by atoms with Crippen LogP contribution in [0.1, 0.15) is 17.0 Å². The summed E-state index contributed by atoms with van der Waals surface area (Å²) in [5.41, 5.74) is 7.81. The summed E-state index contributed by atoms with van der Waals surface area (Å²) in [5, 5.41) is 1.54. The van der Waals surface area contributed by atoms with Crippen molar-refractivity contribution in [3.63, 3.8) is 0 Å². The number of carbonyl (C=O) groups is 1. The number of amides is 1. The summed E-state index contributed by atoms with van der Waals surface area (Å²) in [5.74, 6) is 1.18. The Labute approximate surface area is 222 Å². The van der Waals surface area contributed by atoms with Gasteiger partial charge in [-0.1, -0.05) is 35.1 Å². The van der Waals surface area contributed by atoms with Crippen LogP contribution in [-0.4, -0.2) is 58.5 Å². The van der Waals surface area contributed by atoms with E-state index in [4.69, 9.17) is 27.1 Å². The highest BCUT2D eigenvalue weighted by molar-refractivity contribution is 7.18. The van der Waals surface area contributed by atoms with Crippen LogP contribution in [0.3, 0.4) is 0 Å². The number of hydrogen-bond acceptors (Lipinski definition) is 8. The van der Waals surface area contributed by atoms with Crippen molar-refractivity contribution in [1.82, 2.24) is 19.9 Å². The Balaban J connectivity index is 1.24. The van der Waals surface area contributed by atoms with Crippen molar-refractivity contribution < 1.29 is 13.9 Å². The largest absolute Gasteiger partial charge is 0.484 e. The molecule has 2 aromatic heterocycles. The second kappa shape index (κ2) is 11.3. The molecule has 1 aliphatic rings. The number of nitrogens with two attached hydrogens (primary N) is 1. The van der Waals surface area contributed by atoms with Crippen molar-refractivity contribution in [3.05, 3.63) is 69.9 Å². The van der Waals surface area contributed by atoms with Crippen molar-refractivity contribution in [1.29, 1.82) is 0 Å². The third-order valence-electron chi connectivity index (χ3n) is 6.17. The molecule has 2 N–H and O–H groups in total. The van der Waals surface area contributed by atoms with Gasteiger partial charge in [-0.2, -0.15) is 4.98 Å². The number of benzene rings is 2. The fraction of sp³-hybridized carbons (Fsp3) is 0.308. The minimum absolute atomic E-state index is 0.0319. The summed E-state index contributed by atoms with van der Waals surface area (Å²) in [6.07, 6.45) is 2.23. The highest BCUT2D eigenvalue weighted by Gasteiger charge is 2.23. The van der Waals surface area contributed by atoms with E-state index in [1.54, 1.807) is 36.4 Å². The Bertz CT molecular complexity index is 1380. The summed E-state index contributed by atoms with van der Waals surface area (Å²) in [4.78, 5) is 31.2. The molecule has 1 saturated heterocycles. The van der Waals surface area contributed by atoms with Gasteiger partial charge in [0.2, 0.25) is 5.95 Å². The van der Waals surface area contributed by atoms with Crippen LogP contribution in [0.5, 0.6) is 5.75 Å². The predicted molar refractivity (Wildman–Crippen MR) is 144 cm³/mol. The molecule has 1 fully saturated rings. The number of nitrogen functional groups attached to an aromatic ring is 1. The Morgan fingerprint density at radius 2 is 1.78 bits per heavy atom. The number of rotatable bonds is 7. The Kier molecular flexibility index (Phi) is 7.66. The topological polar surface area (TPSA) is 97.5 Å². The first-order valence-corrected chi connectivity index (χ1v) is 13.2. The third-order valence-corrected chi connectivity index (χ3v) is 7.43. The molecule has 5 rings (SSSR count). The first-order chi connectivity index (χ1) is 17.9. The molecule has 11 heteroatoms. The molecule has 192 valence electrons. The quantitative estimate of drug-likeness (QED) is 0.372. The third kappa shape index (κ3) is 6.26. The maximum Gasteiger partial charge on any atom is 0.260 e. The number of anilines is 2. The number of ether oxygens (including phenoxy) is 1. The molecule has 37 heavy (non-hydrogen) atoms. The Morgan fingerprint density at radius 3 is 2.57 bits per heavy atom. The molecule has 1 amide bonds. The van der Waals surface area contributed by atoms with E-state index in [0.29, 0.717) is 42.6 Å². The molecule has 2 aromatic carbocycles. The average molecular weight is 541 g/mol. The molecule has 0 aliphatic carbocycles. The average Bonchev–Trinajstić information content (AvgIpc) is 3.14. The van der Waals surface area contributed by atoms with Crippen LogP contribution in [0, 0.1) is 5.82 Å². The molecule has 0 unspecified atom stereocenters. The normalized spacial score (nSPS) is 14.1. The van der Waals surface area contributed by atoms with Gasteiger partial charge in [-0.3, -0.25) is 4.79 Å². The van der Waals surface area contributed by atoms with Gasteiger partial charge < -0.3 is 20.3 Å². The number of nitrogens with zero attached hydrogens (tertiary/aromatic N) is 5. The van der Waals surface area contributed by atoms with Gasteiger partial charge >= 0.3 is 0 Å². The Hall–Kier alpha value is -3.50. The lowest BCUT2D eigenvalue weighted by atomic mass is 10.1. The zero-order chi connectivity index (χ0) is 25.8. The molecular weight excluding hydrogens is 515 g/mol. The van der Waals surface area contributed by atoms with E-state index in [9.17, 15) is 9.18 Å². The summed E-state index contributed by atoms with van der Waals surface area (Å²) in [6.45, 7) is 2.45. The number of aromatic nitrogens is 3. The van der Waals surface area contributed by atoms with E-state index in [1.807, 2.05) is 4.90 Å². The van der Waals surface area contributed by atoms with E-state index in [1.165, 1.54) is 23.5 Å². The maximum absolute atomic E-state index is 13.2. The first-order valence-electron chi connectivity index (χ1n) is 12.0. The number of carbonyl (C=O) groups excluding carboxylic acids is 1. The first kappa shape index (κ1) is 25.2. The van der Waals surface area contributed by atoms with Gasteiger partial charge in [0.1, 0.15) is 17.1 Å². The van der Waals surface area contributed by atoms with Gasteiger partial charge in [0.15, 0.2) is 17.3 Å². The molecule has 0 saturated carbocycles. The van der Waals surface area contributed by atoms with Gasteiger partial charge in [-0.25, -0.2) is 14.4 Å². The van der Waals surface area contributed by atoms with E-state index in [2.05, 4.69) is 14.9 Å². The van der Waals surface area contributed by atoms with Gasteiger partial charge in [0.25, 0.3) is 5.91 Å². The van der Waals surface area contributed by atoms with Crippen molar-refractivity contribution >= 4 is 51.0 Å². The summed E-state index contributed by atoms with van der Waals surface area (Å²) < 4.78 is 18.8. The highest BCUT2D eigenvalue weighted by atomic mass is 35.5.